The van der Waals surface area contributed by atoms with E-state index < -0.39 is 17.5 Å². The highest BCUT2D eigenvalue weighted by Gasteiger charge is 2.43. The number of imide groups is 1. The van der Waals surface area contributed by atoms with Crippen molar-refractivity contribution >= 4 is 23.5 Å². The van der Waals surface area contributed by atoms with Crippen molar-refractivity contribution in [1.82, 2.24) is 10.6 Å². The minimum atomic E-state index is -1.22. The molecule has 1 heterocycles. The molecule has 1 fully saturated rings. The summed E-state index contributed by atoms with van der Waals surface area (Å²) in [5, 5.41) is 7.34. The molecule has 2 aromatic carbocycles. The number of carbonyl (C=O) groups is 3. The molecule has 2 aromatic rings. The second-order valence-corrected chi connectivity index (χ2v) is 5.91. The highest BCUT2D eigenvalue weighted by Crippen LogP contribution is 2.22. The van der Waals surface area contributed by atoms with Crippen LogP contribution in [0, 0.1) is 0 Å². The van der Waals surface area contributed by atoms with Gasteiger partial charge in [-0.3, -0.25) is 14.9 Å². The van der Waals surface area contributed by atoms with Crippen LogP contribution < -0.4 is 16.0 Å². The third kappa shape index (κ3) is 3.27. The van der Waals surface area contributed by atoms with Gasteiger partial charge in [0.1, 0.15) is 5.54 Å². The lowest BCUT2D eigenvalue weighted by Crippen LogP contribution is -2.46. The first kappa shape index (κ1) is 15.7. The Bertz CT molecular complexity index is 787. The van der Waals surface area contributed by atoms with Gasteiger partial charge in [-0.25, -0.2) is 4.79 Å². The summed E-state index contributed by atoms with van der Waals surface area (Å²) in [6, 6.07) is 16.8. The van der Waals surface area contributed by atoms with Gasteiger partial charge in [-0.1, -0.05) is 42.5 Å². The summed E-state index contributed by atoms with van der Waals surface area (Å²) < 4.78 is 0. The number of carbonyl (C=O) groups excluding carboxylic acids is 3. The minimum absolute atomic E-state index is 0.134. The van der Waals surface area contributed by atoms with Crippen LogP contribution in [0.2, 0.25) is 0 Å². The van der Waals surface area contributed by atoms with Crippen molar-refractivity contribution in [2.24, 2.45) is 0 Å². The molecule has 122 valence electrons. The highest BCUT2D eigenvalue weighted by atomic mass is 16.2. The molecule has 6 heteroatoms. The van der Waals surface area contributed by atoms with Gasteiger partial charge in [0.05, 0.1) is 6.42 Å². The molecule has 1 aliphatic rings. The lowest BCUT2D eigenvalue weighted by atomic mass is 9.98. The van der Waals surface area contributed by atoms with Gasteiger partial charge in [-0.05, 0) is 30.2 Å². The van der Waals surface area contributed by atoms with E-state index >= 15 is 0 Å². The molecule has 0 aliphatic carbocycles. The van der Waals surface area contributed by atoms with E-state index in [-0.39, 0.29) is 12.3 Å². The van der Waals surface area contributed by atoms with Crippen molar-refractivity contribution < 1.29 is 14.4 Å². The normalized spacial score (nSPS) is 19.5. The summed E-state index contributed by atoms with van der Waals surface area (Å²) in [5.74, 6) is -0.843. The van der Waals surface area contributed by atoms with Crippen LogP contribution in [0.25, 0.3) is 11.1 Å². The SMILES string of the molecule is CC1(CC(=O)Nc2ccc(-c3ccccc3)cc2)NC(=O)NC1=O. The summed E-state index contributed by atoms with van der Waals surface area (Å²) in [6.45, 7) is 1.52. The Morgan fingerprint density at radius 2 is 1.62 bits per heavy atom. The largest absolute Gasteiger partial charge is 0.326 e. The maximum atomic E-state index is 12.1. The molecule has 3 rings (SSSR count). The molecule has 0 spiro atoms. The van der Waals surface area contributed by atoms with E-state index in [1.54, 1.807) is 12.1 Å². The second-order valence-electron chi connectivity index (χ2n) is 5.91. The molecule has 4 amide bonds. The molecular weight excluding hydrogens is 306 g/mol. The van der Waals surface area contributed by atoms with Gasteiger partial charge >= 0.3 is 6.03 Å². The molecule has 0 radical (unpaired) electrons. The Kier molecular flexibility index (Phi) is 4.04. The lowest BCUT2D eigenvalue weighted by Gasteiger charge is -2.19. The Morgan fingerprint density at radius 3 is 2.21 bits per heavy atom. The predicted octanol–water partition coefficient (Wildman–Crippen LogP) is 2.28. The second kappa shape index (κ2) is 6.16. The van der Waals surface area contributed by atoms with Crippen LogP contribution >= 0.6 is 0 Å². The number of hydrogen-bond donors (Lipinski definition) is 3. The van der Waals surface area contributed by atoms with Crippen LogP contribution in [0.1, 0.15) is 13.3 Å². The van der Waals surface area contributed by atoms with E-state index in [9.17, 15) is 14.4 Å². The first-order valence-electron chi connectivity index (χ1n) is 7.55. The molecule has 0 saturated carbocycles. The Morgan fingerprint density at radius 1 is 1.00 bits per heavy atom. The van der Waals surface area contributed by atoms with Gasteiger partial charge in [-0.2, -0.15) is 0 Å². The van der Waals surface area contributed by atoms with Crippen molar-refractivity contribution in [1.29, 1.82) is 0 Å². The number of nitrogens with one attached hydrogen (secondary N) is 3. The molecule has 1 saturated heterocycles. The topological polar surface area (TPSA) is 87.3 Å². The van der Waals surface area contributed by atoms with Gasteiger partial charge in [0.2, 0.25) is 5.91 Å². The molecule has 6 nitrogen and oxygen atoms in total. The van der Waals surface area contributed by atoms with E-state index in [1.165, 1.54) is 6.92 Å². The van der Waals surface area contributed by atoms with Crippen LogP contribution in [-0.2, 0) is 9.59 Å². The minimum Gasteiger partial charge on any atom is -0.326 e. The fourth-order valence-corrected chi connectivity index (χ4v) is 2.61. The number of benzene rings is 2. The average Bonchev–Trinajstić information content (AvgIpc) is 2.80. The maximum Gasteiger partial charge on any atom is 0.322 e. The third-order valence-corrected chi connectivity index (χ3v) is 3.91. The molecule has 3 N–H and O–H groups in total. The Hall–Kier alpha value is -3.15. The fraction of sp³-hybridized carbons (Fsp3) is 0.167. The molecule has 0 bridgehead atoms. The quantitative estimate of drug-likeness (QED) is 0.754. The lowest BCUT2D eigenvalue weighted by molar-refractivity contribution is -0.127. The van der Waals surface area contributed by atoms with Crippen molar-refractivity contribution in [2.45, 2.75) is 18.9 Å². The third-order valence-electron chi connectivity index (χ3n) is 3.91. The number of rotatable bonds is 4. The number of amides is 4. The van der Waals surface area contributed by atoms with Crippen LogP contribution in [0.5, 0.6) is 0 Å². The first-order chi connectivity index (χ1) is 11.5. The van der Waals surface area contributed by atoms with Crippen molar-refractivity contribution in [3.05, 3.63) is 54.6 Å². The molecule has 1 atom stereocenters. The summed E-state index contributed by atoms with van der Waals surface area (Å²) in [7, 11) is 0. The van der Waals surface area contributed by atoms with E-state index in [4.69, 9.17) is 0 Å². The highest BCUT2D eigenvalue weighted by molar-refractivity contribution is 6.09. The molecule has 1 aliphatic heterocycles. The van der Waals surface area contributed by atoms with Crippen LogP contribution in [0.4, 0.5) is 10.5 Å². The van der Waals surface area contributed by atoms with E-state index in [0.717, 1.165) is 11.1 Å². The maximum absolute atomic E-state index is 12.1. The van der Waals surface area contributed by atoms with E-state index in [2.05, 4.69) is 16.0 Å². The van der Waals surface area contributed by atoms with Crippen LogP contribution in [0.3, 0.4) is 0 Å². The summed E-state index contributed by atoms with van der Waals surface area (Å²) in [6.07, 6.45) is -0.134. The van der Waals surface area contributed by atoms with E-state index in [0.29, 0.717) is 5.69 Å². The molecule has 1 unspecified atom stereocenters. The Labute approximate surface area is 139 Å². The van der Waals surface area contributed by atoms with Crippen LogP contribution in [-0.4, -0.2) is 23.4 Å². The van der Waals surface area contributed by atoms with E-state index in [1.807, 2.05) is 42.5 Å². The monoisotopic (exact) mass is 323 g/mol. The summed E-state index contributed by atoms with van der Waals surface area (Å²) >= 11 is 0. The molecule has 0 aromatic heterocycles. The van der Waals surface area contributed by atoms with Gasteiger partial charge in [-0.15, -0.1) is 0 Å². The zero-order valence-corrected chi connectivity index (χ0v) is 13.1. The van der Waals surface area contributed by atoms with Gasteiger partial charge in [0.15, 0.2) is 0 Å². The smallest absolute Gasteiger partial charge is 0.322 e. The van der Waals surface area contributed by atoms with Gasteiger partial charge < -0.3 is 10.6 Å². The van der Waals surface area contributed by atoms with Crippen molar-refractivity contribution in [3.63, 3.8) is 0 Å². The van der Waals surface area contributed by atoms with Crippen LogP contribution in [0.15, 0.2) is 54.6 Å². The zero-order chi connectivity index (χ0) is 17.2. The number of hydrogen-bond acceptors (Lipinski definition) is 3. The predicted molar refractivity (Wildman–Crippen MR) is 90.2 cm³/mol. The molecular formula is C18H17N3O3. The van der Waals surface area contributed by atoms with Gasteiger partial charge in [0.25, 0.3) is 5.91 Å². The van der Waals surface area contributed by atoms with Crippen molar-refractivity contribution in [3.8, 4) is 11.1 Å². The van der Waals surface area contributed by atoms with Crippen molar-refractivity contribution in [2.75, 3.05) is 5.32 Å². The first-order valence-corrected chi connectivity index (χ1v) is 7.55. The fourth-order valence-electron chi connectivity index (χ4n) is 2.61. The standard InChI is InChI=1S/C18H17N3O3/c1-18(16(23)20-17(24)21-18)11-15(22)19-14-9-7-13(8-10-14)12-5-3-2-4-6-12/h2-10H,11H2,1H3,(H,19,22)(H2,20,21,23,24). The summed E-state index contributed by atoms with van der Waals surface area (Å²) in [4.78, 5) is 35.1. The Balaban J connectivity index is 1.65. The van der Waals surface area contributed by atoms with Gasteiger partial charge in [0, 0.05) is 5.69 Å². The summed E-state index contributed by atoms with van der Waals surface area (Å²) in [5.41, 5.74) is 1.55. The average molecular weight is 323 g/mol. The number of urea groups is 1. The zero-order valence-electron chi connectivity index (χ0n) is 13.1. The number of anilines is 1. The molecule has 24 heavy (non-hydrogen) atoms.